The number of amides is 1. The van der Waals surface area contributed by atoms with Crippen molar-refractivity contribution in [1.82, 2.24) is 5.32 Å². The van der Waals surface area contributed by atoms with Crippen molar-refractivity contribution in [2.24, 2.45) is 0 Å². The van der Waals surface area contributed by atoms with Gasteiger partial charge in [0.1, 0.15) is 0 Å². The van der Waals surface area contributed by atoms with Crippen LogP contribution >= 0.6 is 11.8 Å². The number of hydrogen-bond acceptors (Lipinski definition) is 3. The molecule has 2 aromatic carbocycles. The van der Waals surface area contributed by atoms with Gasteiger partial charge in [0.05, 0.1) is 18.6 Å². The highest BCUT2D eigenvalue weighted by molar-refractivity contribution is 7.99. The van der Waals surface area contributed by atoms with Crippen LogP contribution in [0.3, 0.4) is 0 Å². The lowest BCUT2D eigenvalue weighted by molar-refractivity contribution is -0.123. The molecule has 0 saturated heterocycles. The smallest absolute Gasteiger partial charge is 0.228 e. The fourth-order valence-electron chi connectivity index (χ4n) is 2.57. The fraction of sp³-hybridized carbons (Fsp3) is 0.235. The molecule has 0 saturated carbocycles. The van der Waals surface area contributed by atoms with Crippen LogP contribution in [0.1, 0.15) is 23.1 Å². The van der Waals surface area contributed by atoms with E-state index in [2.05, 4.69) is 5.32 Å². The van der Waals surface area contributed by atoms with Gasteiger partial charge in [-0.15, -0.1) is 11.8 Å². The van der Waals surface area contributed by atoms with Crippen LogP contribution in [0.2, 0.25) is 0 Å². The van der Waals surface area contributed by atoms with Gasteiger partial charge in [-0.1, -0.05) is 48.5 Å². The van der Waals surface area contributed by atoms with Crippen LogP contribution in [0.5, 0.6) is 0 Å². The second-order valence-electron chi connectivity index (χ2n) is 5.06. The zero-order valence-corrected chi connectivity index (χ0v) is 12.3. The lowest BCUT2D eigenvalue weighted by Gasteiger charge is -2.19. The average Bonchev–Trinajstić information content (AvgIpc) is 2.97. The molecule has 1 unspecified atom stereocenters. The number of fused-ring (bicyclic) bond motifs is 1. The summed E-state index contributed by atoms with van der Waals surface area (Å²) in [6.07, 6.45) is 0. The second-order valence-corrected chi connectivity index (χ2v) is 6.12. The van der Waals surface area contributed by atoms with E-state index in [9.17, 15) is 9.90 Å². The molecular formula is C17H17NO2S. The summed E-state index contributed by atoms with van der Waals surface area (Å²) in [6, 6.07) is 17.2. The van der Waals surface area contributed by atoms with Crippen LogP contribution in [-0.4, -0.2) is 23.4 Å². The largest absolute Gasteiger partial charge is 0.394 e. The lowest BCUT2D eigenvalue weighted by atomic mass is 9.99. The van der Waals surface area contributed by atoms with E-state index in [0.29, 0.717) is 0 Å². The summed E-state index contributed by atoms with van der Waals surface area (Å²) in [4.78, 5) is 13.7. The molecule has 0 aliphatic carbocycles. The van der Waals surface area contributed by atoms with E-state index in [1.165, 1.54) is 4.90 Å². The van der Waals surface area contributed by atoms with Crippen molar-refractivity contribution in [2.45, 2.75) is 16.9 Å². The fourth-order valence-corrected chi connectivity index (χ4v) is 3.80. The molecule has 2 N–H and O–H groups in total. The number of aliphatic hydroxyl groups excluding tert-OH is 1. The van der Waals surface area contributed by atoms with E-state index in [0.717, 1.165) is 16.9 Å². The van der Waals surface area contributed by atoms with Crippen molar-refractivity contribution in [2.75, 3.05) is 12.4 Å². The van der Waals surface area contributed by atoms with Gasteiger partial charge in [-0.3, -0.25) is 4.79 Å². The van der Waals surface area contributed by atoms with Crippen LogP contribution in [0, 0.1) is 0 Å². The second kappa shape index (κ2) is 6.33. The number of rotatable bonds is 4. The van der Waals surface area contributed by atoms with Crippen molar-refractivity contribution in [1.29, 1.82) is 0 Å². The number of hydrogen-bond donors (Lipinski definition) is 2. The molecule has 2 aromatic rings. The summed E-state index contributed by atoms with van der Waals surface area (Å²) < 4.78 is 0. The zero-order valence-electron chi connectivity index (χ0n) is 11.5. The quantitative estimate of drug-likeness (QED) is 0.912. The van der Waals surface area contributed by atoms with Gasteiger partial charge in [0, 0.05) is 10.6 Å². The molecule has 0 aromatic heterocycles. The Morgan fingerprint density at radius 1 is 1.19 bits per heavy atom. The number of carbonyl (C=O) groups is 1. The molecule has 1 heterocycles. The topological polar surface area (TPSA) is 49.3 Å². The molecule has 1 amide bonds. The number of benzene rings is 2. The Bertz CT molecular complexity index is 630. The predicted octanol–water partition coefficient (Wildman–Crippen LogP) is 2.73. The first kappa shape index (κ1) is 14.2. The van der Waals surface area contributed by atoms with Crippen molar-refractivity contribution >= 4 is 17.7 Å². The van der Waals surface area contributed by atoms with Crippen molar-refractivity contribution in [3.8, 4) is 0 Å². The number of carbonyl (C=O) groups excluding carboxylic acids is 1. The molecule has 0 spiro atoms. The van der Waals surface area contributed by atoms with Gasteiger partial charge in [-0.2, -0.15) is 0 Å². The maximum Gasteiger partial charge on any atom is 0.228 e. The number of thioether (sulfide) groups is 1. The van der Waals surface area contributed by atoms with Gasteiger partial charge in [0.2, 0.25) is 5.91 Å². The van der Waals surface area contributed by atoms with E-state index in [1.807, 2.05) is 54.6 Å². The van der Waals surface area contributed by atoms with Gasteiger partial charge < -0.3 is 10.4 Å². The minimum absolute atomic E-state index is 0.0182. The molecule has 4 heteroatoms. The molecule has 2 atom stereocenters. The highest BCUT2D eigenvalue weighted by atomic mass is 32.2. The van der Waals surface area contributed by atoms with Crippen molar-refractivity contribution in [3.63, 3.8) is 0 Å². The van der Waals surface area contributed by atoms with E-state index in [-0.39, 0.29) is 24.5 Å². The van der Waals surface area contributed by atoms with Crippen LogP contribution < -0.4 is 5.32 Å². The molecule has 1 aliphatic heterocycles. The van der Waals surface area contributed by atoms with Gasteiger partial charge in [0.15, 0.2) is 0 Å². The Morgan fingerprint density at radius 3 is 2.67 bits per heavy atom. The van der Waals surface area contributed by atoms with E-state index < -0.39 is 0 Å². The monoisotopic (exact) mass is 299 g/mol. The zero-order chi connectivity index (χ0) is 14.7. The Labute approximate surface area is 128 Å². The number of nitrogens with one attached hydrogen (secondary N) is 1. The summed E-state index contributed by atoms with van der Waals surface area (Å²) in [5.74, 6) is 0.609. The van der Waals surface area contributed by atoms with Crippen molar-refractivity contribution < 1.29 is 9.90 Å². The highest BCUT2D eigenvalue weighted by Gasteiger charge is 2.30. The summed E-state index contributed by atoms with van der Waals surface area (Å²) >= 11 is 1.71. The average molecular weight is 299 g/mol. The van der Waals surface area contributed by atoms with E-state index in [4.69, 9.17) is 0 Å². The molecular weight excluding hydrogens is 282 g/mol. The summed E-state index contributed by atoms with van der Waals surface area (Å²) in [7, 11) is 0. The van der Waals surface area contributed by atoms with Crippen LogP contribution in [0.4, 0.5) is 0 Å². The van der Waals surface area contributed by atoms with Crippen LogP contribution in [-0.2, 0) is 4.79 Å². The summed E-state index contributed by atoms with van der Waals surface area (Å²) in [5.41, 5.74) is 2.01. The summed E-state index contributed by atoms with van der Waals surface area (Å²) in [6.45, 7) is -0.0999. The molecule has 108 valence electrons. The molecule has 3 nitrogen and oxygen atoms in total. The molecule has 21 heavy (non-hydrogen) atoms. The van der Waals surface area contributed by atoms with E-state index in [1.54, 1.807) is 11.8 Å². The van der Waals surface area contributed by atoms with Gasteiger partial charge in [-0.05, 0) is 17.2 Å². The third-order valence-corrected chi connectivity index (χ3v) is 4.90. The Morgan fingerprint density at radius 2 is 1.90 bits per heavy atom. The molecule has 1 aliphatic rings. The van der Waals surface area contributed by atoms with Crippen LogP contribution in [0.25, 0.3) is 0 Å². The first-order chi connectivity index (χ1) is 10.3. The number of aliphatic hydroxyl groups is 1. The third kappa shape index (κ3) is 2.96. The normalized spacial score (nSPS) is 18.0. The highest BCUT2D eigenvalue weighted by Crippen LogP contribution is 2.39. The minimum Gasteiger partial charge on any atom is -0.394 e. The standard InChI is InChI=1S/C17H17NO2S/c19-10-15(12-6-2-1-3-7-12)18-17(20)14-11-21-16-9-5-4-8-13(14)16/h1-9,14-15,19H,10-11H2,(H,18,20)/t14?,15-/m0/s1. The molecule has 0 fully saturated rings. The maximum absolute atomic E-state index is 12.5. The molecule has 0 radical (unpaired) electrons. The van der Waals surface area contributed by atoms with Gasteiger partial charge in [-0.25, -0.2) is 0 Å². The first-order valence-electron chi connectivity index (χ1n) is 6.97. The first-order valence-corrected chi connectivity index (χ1v) is 7.96. The van der Waals surface area contributed by atoms with E-state index >= 15 is 0 Å². The SMILES string of the molecule is O=C(N[C@@H](CO)c1ccccc1)C1CSc2ccccc21. The summed E-state index contributed by atoms with van der Waals surface area (Å²) in [5, 5.41) is 12.5. The van der Waals surface area contributed by atoms with Crippen LogP contribution in [0.15, 0.2) is 59.5 Å². The maximum atomic E-state index is 12.5. The molecule has 3 rings (SSSR count). The Kier molecular flexibility index (Phi) is 4.27. The Hall–Kier alpha value is -1.78. The van der Waals surface area contributed by atoms with Crippen molar-refractivity contribution in [3.05, 3.63) is 65.7 Å². The van der Waals surface area contributed by atoms with Gasteiger partial charge in [0.25, 0.3) is 0 Å². The molecule has 0 bridgehead atoms. The van der Waals surface area contributed by atoms with Gasteiger partial charge >= 0.3 is 0 Å². The predicted molar refractivity (Wildman–Crippen MR) is 84.3 cm³/mol. The minimum atomic E-state index is -0.350. The Balaban J connectivity index is 1.75. The lowest BCUT2D eigenvalue weighted by Crippen LogP contribution is -2.34. The third-order valence-electron chi connectivity index (χ3n) is 3.72.